The number of pyridine rings is 1. The summed E-state index contributed by atoms with van der Waals surface area (Å²) in [6.07, 6.45) is 1.80. The van der Waals surface area contributed by atoms with Gasteiger partial charge in [0.1, 0.15) is 11.3 Å². The average Bonchev–Trinajstić information content (AvgIpc) is 2.38. The second-order valence-corrected chi connectivity index (χ2v) is 4.65. The number of nitrogen functional groups attached to an aromatic ring is 1. The molecule has 0 aliphatic rings. The van der Waals surface area contributed by atoms with Crippen molar-refractivity contribution >= 4 is 16.7 Å². The molecule has 19 heavy (non-hydrogen) atoms. The van der Waals surface area contributed by atoms with Crippen molar-refractivity contribution in [2.75, 3.05) is 5.73 Å². The number of rotatable bonds is 1. The van der Waals surface area contributed by atoms with E-state index in [1.54, 1.807) is 6.20 Å². The minimum atomic E-state index is 0.450. The molecule has 3 aromatic rings. The highest BCUT2D eigenvalue weighted by Crippen LogP contribution is 2.22. The van der Waals surface area contributed by atoms with E-state index in [-0.39, 0.29) is 0 Å². The lowest BCUT2D eigenvalue weighted by Gasteiger charge is -2.05. The van der Waals surface area contributed by atoms with E-state index in [1.807, 2.05) is 38.1 Å². The molecule has 4 heteroatoms. The number of hydrogen-bond acceptors (Lipinski definition) is 4. The molecule has 0 radical (unpaired) electrons. The second-order valence-electron chi connectivity index (χ2n) is 4.65. The van der Waals surface area contributed by atoms with Gasteiger partial charge in [-0.25, -0.2) is 15.0 Å². The van der Waals surface area contributed by atoms with Crippen molar-refractivity contribution in [2.45, 2.75) is 13.8 Å². The van der Waals surface area contributed by atoms with Crippen LogP contribution in [0.5, 0.6) is 0 Å². The summed E-state index contributed by atoms with van der Waals surface area (Å²) in [4.78, 5) is 13.2. The highest BCUT2D eigenvalue weighted by molar-refractivity contribution is 5.88. The first-order valence-electron chi connectivity index (χ1n) is 6.10. The zero-order valence-electron chi connectivity index (χ0n) is 10.9. The number of nitrogens with two attached hydrogens (primary N) is 1. The molecule has 0 saturated carbocycles. The van der Waals surface area contributed by atoms with Crippen LogP contribution in [-0.4, -0.2) is 15.0 Å². The molecule has 0 amide bonds. The highest BCUT2D eigenvalue weighted by Gasteiger charge is 2.07. The molecule has 0 aliphatic carbocycles. The van der Waals surface area contributed by atoms with Gasteiger partial charge in [0.25, 0.3) is 0 Å². The van der Waals surface area contributed by atoms with Crippen molar-refractivity contribution in [1.29, 1.82) is 0 Å². The number of aryl methyl sites for hydroxylation is 2. The zero-order valence-corrected chi connectivity index (χ0v) is 10.9. The summed E-state index contributed by atoms with van der Waals surface area (Å²) in [6, 6.07) is 10.0. The van der Waals surface area contributed by atoms with Crippen molar-refractivity contribution < 1.29 is 0 Å². The monoisotopic (exact) mass is 250 g/mol. The van der Waals surface area contributed by atoms with Crippen molar-refractivity contribution in [3.63, 3.8) is 0 Å². The van der Waals surface area contributed by atoms with E-state index in [2.05, 4.69) is 21.0 Å². The third kappa shape index (κ3) is 2.12. The molecule has 2 aromatic heterocycles. The van der Waals surface area contributed by atoms with Crippen LogP contribution in [0.4, 0.5) is 5.82 Å². The van der Waals surface area contributed by atoms with E-state index < -0.39 is 0 Å². The van der Waals surface area contributed by atoms with Crippen molar-refractivity contribution in [3.8, 4) is 11.4 Å². The minimum Gasteiger partial charge on any atom is -0.382 e. The van der Waals surface area contributed by atoms with Crippen LogP contribution >= 0.6 is 0 Å². The lowest BCUT2D eigenvalue weighted by molar-refractivity contribution is 1.18. The third-order valence-electron chi connectivity index (χ3n) is 3.00. The number of fused-ring (bicyclic) bond motifs is 1. The quantitative estimate of drug-likeness (QED) is 0.721. The Morgan fingerprint density at radius 2 is 1.89 bits per heavy atom. The summed E-state index contributed by atoms with van der Waals surface area (Å²) < 4.78 is 0. The predicted octanol–water partition coefficient (Wildman–Crippen LogP) is 2.89. The van der Waals surface area contributed by atoms with E-state index in [0.717, 1.165) is 16.6 Å². The first kappa shape index (κ1) is 11.6. The average molecular weight is 250 g/mol. The smallest absolute Gasteiger partial charge is 0.159 e. The fourth-order valence-electron chi connectivity index (χ4n) is 2.13. The molecular weight excluding hydrogens is 236 g/mol. The van der Waals surface area contributed by atoms with Gasteiger partial charge in [-0.05, 0) is 26.0 Å². The summed E-state index contributed by atoms with van der Waals surface area (Å²) in [6.45, 7) is 3.95. The number of nitrogens with zero attached hydrogens (tertiary/aromatic N) is 3. The molecule has 94 valence electrons. The van der Waals surface area contributed by atoms with E-state index >= 15 is 0 Å². The summed E-state index contributed by atoms with van der Waals surface area (Å²) in [5, 5.41) is 0.918. The normalized spacial score (nSPS) is 10.8. The molecule has 0 atom stereocenters. The molecular formula is C15H14N4. The van der Waals surface area contributed by atoms with Crippen LogP contribution in [-0.2, 0) is 0 Å². The van der Waals surface area contributed by atoms with Gasteiger partial charge in [-0.1, -0.05) is 23.8 Å². The van der Waals surface area contributed by atoms with Crippen LogP contribution in [0.3, 0.4) is 0 Å². The predicted molar refractivity (Wildman–Crippen MR) is 76.7 cm³/mol. The fourth-order valence-corrected chi connectivity index (χ4v) is 2.13. The highest BCUT2D eigenvalue weighted by atomic mass is 14.9. The zero-order chi connectivity index (χ0) is 13.4. The molecule has 0 aliphatic heterocycles. The topological polar surface area (TPSA) is 64.7 Å². The van der Waals surface area contributed by atoms with Crippen LogP contribution in [0.1, 0.15) is 11.3 Å². The van der Waals surface area contributed by atoms with Gasteiger partial charge in [-0.3, -0.25) is 0 Å². The molecule has 0 unspecified atom stereocenters. The molecule has 0 saturated heterocycles. The standard InChI is InChI=1S/C15H14N4/c1-9-4-3-5-11(6-9)15-17-8-12-7-10(2)18-14(16)13(12)19-15/h3-8H,1-2H3,(H2,16,18). The molecule has 0 fully saturated rings. The maximum atomic E-state index is 5.93. The summed E-state index contributed by atoms with van der Waals surface area (Å²) in [5.41, 5.74) is 9.68. The fraction of sp³-hybridized carbons (Fsp3) is 0.133. The van der Waals surface area contributed by atoms with Gasteiger partial charge in [0, 0.05) is 22.8 Å². The second kappa shape index (κ2) is 4.31. The lowest BCUT2D eigenvalue weighted by atomic mass is 10.1. The van der Waals surface area contributed by atoms with E-state index in [0.29, 0.717) is 17.2 Å². The van der Waals surface area contributed by atoms with Crippen LogP contribution in [0.15, 0.2) is 36.5 Å². The van der Waals surface area contributed by atoms with Crippen LogP contribution in [0, 0.1) is 13.8 Å². The third-order valence-corrected chi connectivity index (χ3v) is 3.00. The van der Waals surface area contributed by atoms with E-state index in [1.165, 1.54) is 5.56 Å². The van der Waals surface area contributed by atoms with Crippen molar-refractivity contribution in [2.24, 2.45) is 0 Å². The Hall–Kier alpha value is -2.49. The lowest BCUT2D eigenvalue weighted by Crippen LogP contribution is -1.98. The Kier molecular flexibility index (Phi) is 2.63. The molecule has 0 bridgehead atoms. The van der Waals surface area contributed by atoms with Crippen molar-refractivity contribution in [3.05, 3.63) is 47.8 Å². The van der Waals surface area contributed by atoms with Crippen LogP contribution < -0.4 is 5.73 Å². The number of anilines is 1. The molecule has 2 N–H and O–H groups in total. The number of aromatic nitrogens is 3. The number of hydrogen-bond donors (Lipinski definition) is 1. The molecule has 0 spiro atoms. The number of benzene rings is 1. The van der Waals surface area contributed by atoms with Gasteiger partial charge in [0.2, 0.25) is 0 Å². The summed E-state index contributed by atoms with van der Waals surface area (Å²) >= 11 is 0. The Morgan fingerprint density at radius 1 is 1.05 bits per heavy atom. The Bertz CT molecular complexity index is 765. The van der Waals surface area contributed by atoms with Gasteiger partial charge in [-0.15, -0.1) is 0 Å². The van der Waals surface area contributed by atoms with Gasteiger partial charge in [-0.2, -0.15) is 0 Å². The Labute approximate surface area is 111 Å². The first-order valence-corrected chi connectivity index (χ1v) is 6.10. The molecule has 1 aromatic carbocycles. The first-order chi connectivity index (χ1) is 9.13. The van der Waals surface area contributed by atoms with Crippen LogP contribution in [0.25, 0.3) is 22.3 Å². The molecule has 3 rings (SSSR count). The summed E-state index contributed by atoms with van der Waals surface area (Å²) in [7, 11) is 0. The van der Waals surface area contributed by atoms with Gasteiger partial charge in [0.05, 0.1) is 0 Å². The van der Waals surface area contributed by atoms with Crippen LogP contribution in [0.2, 0.25) is 0 Å². The molecule has 4 nitrogen and oxygen atoms in total. The van der Waals surface area contributed by atoms with Gasteiger partial charge in [0.15, 0.2) is 5.82 Å². The van der Waals surface area contributed by atoms with Gasteiger partial charge >= 0.3 is 0 Å². The van der Waals surface area contributed by atoms with Gasteiger partial charge < -0.3 is 5.73 Å². The summed E-state index contributed by atoms with van der Waals surface area (Å²) in [5.74, 6) is 1.12. The largest absolute Gasteiger partial charge is 0.382 e. The van der Waals surface area contributed by atoms with E-state index in [9.17, 15) is 0 Å². The molecule has 2 heterocycles. The van der Waals surface area contributed by atoms with E-state index in [4.69, 9.17) is 5.73 Å². The maximum absolute atomic E-state index is 5.93. The van der Waals surface area contributed by atoms with Crippen molar-refractivity contribution in [1.82, 2.24) is 15.0 Å². The minimum absolute atomic E-state index is 0.450. The maximum Gasteiger partial charge on any atom is 0.159 e. The Morgan fingerprint density at radius 3 is 2.68 bits per heavy atom. The SMILES string of the molecule is Cc1cccc(-c2ncc3cc(C)nc(N)c3n2)c1. The Balaban J connectivity index is 2.22.